The number of rotatable bonds is 4. The van der Waals surface area contributed by atoms with Gasteiger partial charge >= 0.3 is 0 Å². The number of sulfonamides is 2. The van der Waals surface area contributed by atoms with Crippen LogP contribution in [0.2, 0.25) is 0 Å². The molecular weight excluding hydrogens is 282 g/mol. The summed E-state index contributed by atoms with van der Waals surface area (Å²) >= 11 is 0. The fourth-order valence-electron chi connectivity index (χ4n) is 1.34. The molecular formula is C8H11N3O5S2. The van der Waals surface area contributed by atoms with Crippen LogP contribution in [-0.2, 0) is 20.0 Å². The van der Waals surface area contributed by atoms with Gasteiger partial charge in [-0.15, -0.1) is 0 Å². The minimum absolute atomic E-state index is 0.124. The molecule has 1 saturated carbocycles. The van der Waals surface area contributed by atoms with E-state index in [0.29, 0.717) is 0 Å². The summed E-state index contributed by atoms with van der Waals surface area (Å²) in [7, 11) is -8.62. The number of hydrogen-bond acceptors (Lipinski definition) is 6. The van der Waals surface area contributed by atoms with Crippen molar-refractivity contribution in [1.29, 1.82) is 0 Å². The molecule has 1 aliphatic rings. The summed E-state index contributed by atoms with van der Waals surface area (Å²) in [5.74, 6) is -0.140. The first-order valence-corrected chi connectivity index (χ1v) is 8.00. The number of ether oxygens (including phenoxy) is 1. The molecule has 100 valence electrons. The van der Waals surface area contributed by atoms with Gasteiger partial charge in [0.15, 0.2) is 9.92 Å². The first kappa shape index (κ1) is 13.2. The van der Waals surface area contributed by atoms with Gasteiger partial charge < -0.3 is 4.74 Å². The molecule has 0 amide bonds. The minimum atomic E-state index is -4.31. The molecule has 1 aromatic heterocycles. The van der Waals surface area contributed by atoms with Crippen LogP contribution in [0, 0.1) is 0 Å². The van der Waals surface area contributed by atoms with E-state index in [9.17, 15) is 16.8 Å². The van der Waals surface area contributed by atoms with Gasteiger partial charge in [0.25, 0.3) is 10.0 Å². The Morgan fingerprint density at radius 2 is 1.78 bits per heavy atom. The highest BCUT2D eigenvalue weighted by Gasteiger charge is 2.31. The highest BCUT2D eigenvalue weighted by atomic mass is 32.2. The van der Waals surface area contributed by atoms with Crippen molar-refractivity contribution in [2.45, 2.75) is 28.9 Å². The highest BCUT2D eigenvalue weighted by Crippen LogP contribution is 2.33. The summed E-state index contributed by atoms with van der Waals surface area (Å²) < 4.78 is 50.8. The zero-order chi connectivity index (χ0) is 13.6. The maximum atomic E-state index is 11.5. The largest absolute Gasteiger partial charge is 0.489 e. The van der Waals surface area contributed by atoms with E-state index in [2.05, 4.69) is 4.98 Å². The first-order valence-electron chi connectivity index (χ1n) is 4.91. The van der Waals surface area contributed by atoms with Gasteiger partial charge in [-0.1, -0.05) is 0 Å². The predicted octanol–water partition coefficient (Wildman–Crippen LogP) is -1.08. The molecule has 0 spiro atoms. The summed E-state index contributed by atoms with van der Waals surface area (Å²) in [6.07, 6.45) is 2.53. The third kappa shape index (κ3) is 2.77. The second-order valence-electron chi connectivity index (χ2n) is 3.85. The SMILES string of the molecule is NS(=O)(=O)c1nccc(OC2CC2)c1S(N)(=O)=O. The topological polar surface area (TPSA) is 142 Å². The van der Waals surface area contributed by atoms with Crippen molar-refractivity contribution in [1.82, 2.24) is 4.98 Å². The molecule has 0 saturated heterocycles. The molecule has 2 rings (SSSR count). The van der Waals surface area contributed by atoms with Gasteiger partial charge in [0.05, 0.1) is 6.10 Å². The second-order valence-corrected chi connectivity index (χ2v) is 6.83. The fraction of sp³-hybridized carbons (Fsp3) is 0.375. The average molecular weight is 293 g/mol. The molecule has 8 nitrogen and oxygen atoms in total. The van der Waals surface area contributed by atoms with Crippen molar-refractivity contribution < 1.29 is 21.6 Å². The number of nitrogens with two attached hydrogens (primary N) is 2. The van der Waals surface area contributed by atoms with Crippen LogP contribution in [0.25, 0.3) is 0 Å². The predicted molar refractivity (Wildman–Crippen MR) is 60.6 cm³/mol. The molecule has 1 aliphatic carbocycles. The third-order valence-electron chi connectivity index (χ3n) is 2.21. The standard InChI is InChI=1S/C8H11N3O5S2/c9-17(12,13)7-6(16-5-1-2-5)3-4-11-8(7)18(10,14)15/h3-5H,1-2H2,(H2,9,12,13)(H2,10,14,15). The van der Waals surface area contributed by atoms with E-state index >= 15 is 0 Å². The summed E-state index contributed by atoms with van der Waals surface area (Å²) in [6.45, 7) is 0. The highest BCUT2D eigenvalue weighted by molar-refractivity contribution is 7.92. The number of aromatic nitrogens is 1. The molecule has 0 radical (unpaired) electrons. The number of primary sulfonamides is 2. The Hall–Kier alpha value is -1.23. The lowest BCUT2D eigenvalue weighted by Gasteiger charge is -2.11. The summed E-state index contributed by atoms with van der Waals surface area (Å²) in [5.41, 5.74) is 0. The van der Waals surface area contributed by atoms with E-state index in [0.717, 1.165) is 19.0 Å². The molecule has 0 aliphatic heterocycles. The number of nitrogens with zero attached hydrogens (tertiary/aromatic N) is 1. The van der Waals surface area contributed by atoms with E-state index in [1.165, 1.54) is 6.07 Å². The minimum Gasteiger partial charge on any atom is -0.489 e. The molecule has 0 bridgehead atoms. The normalized spacial score (nSPS) is 16.6. The van der Waals surface area contributed by atoms with Crippen LogP contribution >= 0.6 is 0 Å². The van der Waals surface area contributed by atoms with E-state index in [1.807, 2.05) is 0 Å². The Bertz CT molecular complexity index is 679. The van der Waals surface area contributed by atoms with Crippen LogP contribution in [0.3, 0.4) is 0 Å². The summed E-state index contributed by atoms with van der Waals surface area (Å²) in [4.78, 5) is 2.76. The van der Waals surface area contributed by atoms with Crippen LogP contribution in [0.1, 0.15) is 12.8 Å². The first-order chi connectivity index (χ1) is 8.19. The molecule has 1 heterocycles. The third-order valence-corrected chi connectivity index (χ3v) is 4.15. The van der Waals surface area contributed by atoms with Crippen molar-refractivity contribution in [3.63, 3.8) is 0 Å². The maximum absolute atomic E-state index is 11.5. The molecule has 0 aromatic carbocycles. The Morgan fingerprint density at radius 1 is 1.17 bits per heavy atom. The molecule has 18 heavy (non-hydrogen) atoms. The Labute approximate surface area is 104 Å². The molecule has 1 aromatic rings. The van der Waals surface area contributed by atoms with Gasteiger partial charge in [0.1, 0.15) is 5.75 Å². The monoisotopic (exact) mass is 293 g/mol. The zero-order valence-electron chi connectivity index (χ0n) is 9.11. The second kappa shape index (κ2) is 4.16. The van der Waals surface area contributed by atoms with Gasteiger partial charge in [0.2, 0.25) is 10.0 Å². The quantitative estimate of drug-likeness (QED) is 0.722. The number of pyridine rings is 1. The van der Waals surface area contributed by atoms with Crippen molar-refractivity contribution in [2.24, 2.45) is 10.3 Å². The lowest BCUT2D eigenvalue weighted by molar-refractivity contribution is 0.292. The van der Waals surface area contributed by atoms with Crippen molar-refractivity contribution in [3.05, 3.63) is 12.3 Å². The lowest BCUT2D eigenvalue weighted by atomic mass is 10.4. The van der Waals surface area contributed by atoms with Gasteiger partial charge in [-0.2, -0.15) is 0 Å². The van der Waals surface area contributed by atoms with E-state index in [-0.39, 0.29) is 11.9 Å². The molecule has 1 fully saturated rings. The molecule has 0 unspecified atom stereocenters. The Morgan fingerprint density at radius 3 is 2.22 bits per heavy atom. The van der Waals surface area contributed by atoms with Gasteiger partial charge in [-0.05, 0) is 18.9 Å². The van der Waals surface area contributed by atoms with E-state index in [4.69, 9.17) is 15.0 Å². The van der Waals surface area contributed by atoms with Crippen LogP contribution in [0.5, 0.6) is 5.75 Å². The summed E-state index contributed by atoms with van der Waals surface area (Å²) in [5, 5.41) is 9.08. The van der Waals surface area contributed by atoms with Gasteiger partial charge in [-0.3, -0.25) is 0 Å². The summed E-state index contributed by atoms with van der Waals surface area (Å²) in [6, 6.07) is 1.24. The molecule has 4 N–H and O–H groups in total. The van der Waals surface area contributed by atoms with Gasteiger partial charge in [-0.25, -0.2) is 32.1 Å². The van der Waals surface area contributed by atoms with E-state index in [1.54, 1.807) is 0 Å². The fourth-order valence-corrected chi connectivity index (χ4v) is 3.29. The maximum Gasteiger partial charge on any atom is 0.257 e. The Kier molecular flexibility index (Phi) is 3.05. The van der Waals surface area contributed by atoms with Crippen LogP contribution in [0.4, 0.5) is 0 Å². The zero-order valence-corrected chi connectivity index (χ0v) is 10.7. The van der Waals surface area contributed by atoms with Crippen molar-refractivity contribution in [3.8, 4) is 5.75 Å². The molecule has 0 atom stereocenters. The van der Waals surface area contributed by atoms with Crippen LogP contribution < -0.4 is 15.0 Å². The van der Waals surface area contributed by atoms with Crippen molar-refractivity contribution >= 4 is 20.0 Å². The van der Waals surface area contributed by atoms with Crippen LogP contribution in [0.15, 0.2) is 22.2 Å². The number of hydrogen-bond donors (Lipinski definition) is 2. The van der Waals surface area contributed by atoms with Gasteiger partial charge in [0, 0.05) is 6.20 Å². The smallest absolute Gasteiger partial charge is 0.257 e. The van der Waals surface area contributed by atoms with E-state index < -0.39 is 30.0 Å². The molecule has 10 heteroatoms. The lowest BCUT2D eigenvalue weighted by Crippen LogP contribution is -2.23. The van der Waals surface area contributed by atoms with Crippen LogP contribution in [-0.4, -0.2) is 27.9 Å². The van der Waals surface area contributed by atoms with Crippen molar-refractivity contribution in [2.75, 3.05) is 0 Å². The Balaban J connectivity index is 2.67. The average Bonchev–Trinajstić information content (AvgIpc) is 2.98.